The van der Waals surface area contributed by atoms with Crippen molar-refractivity contribution in [3.63, 3.8) is 0 Å². The van der Waals surface area contributed by atoms with Crippen molar-refractivity contribution in [2.24, 2.45) is 0 Å². The number of H-pyrrole nitrogens is 2. The van der Waals surface area contributed by atoms with Crippen molar-refractivity contribution in [3.05, 3.63) is 69.3 Å². The summed E-state index contributed by atoms with van der Waals surface area (Å²) < 4.78 is 0. The van der Waals surface area contributed by atoms with Gasteiger partial charge in [0.25, 0.3) is 0 Å². The predicted molar refractivity (Wildman–Crippen MR) is 184 cm³/mol. The summed E-state index contributed by atoms with van der Waals surface area (Å²) in [6.45, 7) is 12.2. The van der Waals surface area contributed by atoms with Crippen LogP contribution in [0.25, 0.3) is 44.4 Å². The fourth-order valence-corrected chi connectivity index (χ4v) is 6.98. The highest BCUT2D eigenvalue weighted by Crippen LogP contribution is 2.39. The SMILES string of the molecule is CC1=C(CCC(=O)O)c2cc3nc(cc4[nH]c(cc5[nH]c(cc1n2)c(C)c5[C@H](C)S)c(C)c4[C@@H](C)S)C(C)=C3CCC(=O)O. The highest BCUT2D eigenvalue weighted by Gasteiger charge is 2.23. The van der Waals surface area contributed by atoms with Crippen molar-refractivity contribution >= 4 is 81.6 Å². The Morgan fingerprint density at radius 3 is 1.45 bits per heavy atom. The molecule has 8 nitrogen and oxygen atoms in total. The first-order chi connectivity index (χ1) is 20.8. The van der Waals surface area contributed by atoms with Crippen LogP contribution in [0, 0.1) is 13.8 Å². The number of aromatic amines is 2. The first-order valence-corrected chi connectivity index (χ1v) is 15.8. The van der Waals surface area contributed by atoms with Gasteiger partial charge in [-0.3, -0.25) is 9.59 Å². The van der Waals surface area contributed by atoms with E-state index in [1.165, 1.54) is 0 Å². The molecule has 5 heterocycles. The third-order valence-electron chi connectivity index (χ3n) is 8.65. The lowest BCUT2D eigenvalue weighted by Gasteiger charge is -2.05. The van der Waals surface area contributed by atoms with E-state index in [1.54, 1.807) is 0 Å². The van der Waals surface area contributed by atoms with Crippen LogP contribution in [0.2, 0.25) is 0 Å². The lowest BCUT2D eigenvalue weighted by atomic mass is 9.98. The summed E-state index contributed by atoms with van der Waals surface area (Å²) in [6.07, 6.45) is 0.549. The van der Waals surface area contributed by atoms with E-state index in [0.29, 0.717) is 24.2 Å². The van der Waals surface area contributed by atoms with Crippen LogP contribution in [0.4, 0.5) is 0 Å². The van der Waals surface area contributed by atoms with E-state index in [1.807, 2.05) is 39.0 Å². The number of fused-ring (bicyclic) bond motifs is 8. The lowest BCUT2D eigenvalue weighted by Crippen LogP contribution is -1.97. The average molecular weight is 631 g/mol. The number of hydrogen-bond donors (Lipinski definition) is 6. The second-order valence-corrected chi connectivity index (χ2v) is 13.2. The van der Waals surface area contributed by atoms with E-state index < -0.39 is 11.9 Å². The number of thiol groups is 2. The van der Waals surface area contributed by atoms with Crippen LogP contribution in [0.1, 0.15) is 109 Å². The summed E-state index contributed by atoms with van der Waals surface area (Å²) in [6, 6.07) is 8.02. The summed E-state index contributed by atoms with van der Waals surface area (Å²) >= 11 is 9.64. The normalized spacial score (nSPS) is 14.7. The van der Waals surface area contributed by atoms with Crippen molar-refractivity contribution in [3.8, 4) is 0 Å². The molecule has 5 rings (SSSR count). The molecule has 2 aliphatic rings. The van der Waals surface area contributed by atoms with Gasteiger partial charge in [0.1, 0.15) is 0 Å². The largest absolute Gasteiger partial charge is 0.481 e. The summed E-state index contributed by atoms with van der Waals surface area (Å²) in [4.78, 5) is 40.4. The number of allylic oxidation sites excluding steroid dienone is 4. The Hall–Kier alpha value is -3.76. The van der Waals surface area contributed by atoms with Crippen molar-refractivity contribution in [1.29, 1.82) is 0 Å². The maximum atomic E-state index is 11.6. The molecule has 0 fully saturated rings. The monoisotopic (exact) mass is 630 g/mol. The van der Waals surface area contributed by atoms with Crippen LogP contribution >= 0.6 is 25.3 Å². The first kappa shape index (κ1) is 31.7. The van der Waals surface area contributed by atoms with Crippen LogP contribution in [-0.4, -0.2) is 42.1 Å². The molecule has 4 N–H and O–H groups in total. The smallest absolute Gasteiger partial charge is 0.303 e. The standard InChI is InChI=1S/C34H38N4O4S2/c1-15-21(7-9-31(39)40)27-14-28-22(8-10-32(41)42)16(2)24(36-28)12-29-34(20(6)44)18(4)26(38-29)13-30-33(19(5)43)17(3)25(37-30)11-23(15)35-27/h11-14,19-20,37-38,43-44H,7-10H2,1-6H3,(H,39,40)(H,41,42)/t19-,20+/m0/s1. The van der Waals surface area contributed by atoms with Crippen LogP contribution in [0.3, 0.4) is 0 Å². The van der Waals surface area contributed by atoms with Crippen molar-refractivity contribution in [2.75, 3.05) is 0 Å². The second-order valence-electron chi connectivity index (χ2n) is 11.7. The van der Waals surface area contributed by atoms with Gasteiger partial charge in [-0.05, 0) is 123 Å². The Bertz CT molecular complexity index is 1930. The fraction of sp³-hybridized carbons (Fsp3) is 0.353. The molecule has 2 aliphatic heterocycles. The van der Waals surface area contributed by atoms with Gasteiger partial charge >= 0.3 is 11.9 Å². The minimum Gasteiger partial charge on any atom is -0.481 e. The van der Waals surface area contributed by atoms with E-state index in [-0.39, 0.29) is 23.3 Å². The van der Waals surface area contributed by atoms with E-state index in [4.69, 9.17) is 35.2 Å². The van der Waals surface area contributed by atoms with Gasteiger partial charge in [0.2, 0.25) is 0 Å². The molecule has 0 radical (unpaired) electrons. The zero-order valence-electron chi connectivity index (χ0n) is 25.8. The molecule has 8 bridgehead atoms. The number of aryl methyl sites for hydroxylation is 2. The molecule has 0 aliphatic carbocycles. The van der Waals surface area contributed by atoms with Gasteiger partial charge in [0.05, 0.1) is 22.8 Å². The molecule has 3 aromatic rings. The Labute approximate surface area is 267 Å². The molecule has 10 heteroatoms. The molecule has 0 saturated carbocycles. The molecular formula is C34H38N4O4S2. The third-order valence-corrected chi connectivity index (χ3v) is 9.16. The van der Waals surface area contributed by atoms with Crippen molar-refractivity contribution in [2.45, 2.75) is 77.7 Å². The van der Waals surface area contributed by atoms with Crippen LogP contribution in [0.5, 0.6) is 0 Å². The van der Waals surface area contributed by atoms with E-state index in [0.717, 1.165) is 78.0 Å². The zero-order chi connectivity index (χ0) is 32.0. The maximum absolute atomic E-state index is 11.6. The number of carboxylic acids is 2. The molecule has 0 amide bonds. The second kappa shape index (κ2) is 12.3. The predicted octanol–water partition coefficient (Wildman–Crippen LogP) is 8.50. The Morgan fingerprint density at radius 2 is 1.05 bits per heavy atom. The Balaban J connectivity index is 1.95. The third kappa shape index (κ3) is 5.97. The van der Waals surface area contributed by atoms with E-state index in [2.05, 4.69) is 36.8 Å². The number of carboxylic acid groups (broad SMARTS) is 2. The zero-order valence-corrected chi connectivity index (χ0v) is 27.6. The van der Waals surface area contributed by atoms with E-state index >= 15 is 0 Å². The molecule has 0 spiro atoms. The van der Waals surface area contributed by atoms with Gasteiger partial charge in [0, 0.05) is 45.4 Å². The Kier molecular flexibility index (Phi) is 8.87. The first-order valence-electron chi connectivity index (χ1n) is 14.7. The lowest BCUT2D eigenvalue weighted by molar-refractivity contribution is -0.137. The van der Waals surface area contributed by atoms with E-state index in [9.17, 15) is 19.8 Å². The number of aromatic nitrogens is 4. The minimum absolute atomic E-state index is 0.0338. The molecule has 230 valence electrons. The van der Waals surface area contributed by atoms with Gasteiger partial charge in [-0.1, -0.05) is 0 Å². The van der Waals surface area contributed by atoms with Crippen LogP contribution < -0.4 is 0 Å². The van der Waals surface area contributed by atoms with Gasteiger partial charge in [0.15, 0.2) is 0 Å². The molecule has 0 aromatic carbocycles. The number of hydrogen-bond acceptors (Lipinski definition) is 6. The van der Waals surface area contributed by atoms with Gasteiger partial charge in [-0.25, -0.2) is 9.97 Å². The summed E-state index contributed by atoms with van der Waals surface area (Å²) in [5.74, 6) is -1.77. The van der Waals surface area contributed by atoms with Gasteiger partial charge in [-0.15, -0.1) is 0 Å². The number of carbonyl (C=O) groups is 2. The molecule has 2 atom stereocenters. The molecule has 0 saturated heterocycles. The number of aliphatic carboxylic acids is 2. The summed E-state index contributed by atoms with van der Waals surface area (Å²) in [5.41, 5.74) is 14.2. The Morgan fingerprint density at radius 1 is 0.659 bits per heavy atom. The summed E-state index contributed by atoms with van der Waals surface area (Å²) in [5, 5.41) is 18.9. The molecular weight excluding hydrogens is 593 g/mol. The number of nitrogens with one attached hydrogen (secondary N) is 2. The van der Waals surface area contributed by atoms with Crippen LogP contribution in [-0.2, 0) is 9.59 Å². The maximum Gasteiger partial charge on any atom is 0.303 e. The average Bonchev–Trinajstić information content (AvgIpc) is 3.59. The van der Waals surface area contributed by atoms with Crippen molar-refractivity contribution in [1.82, 2.24) is 19.9 Å². The highest BCUT2D eigenvalue weighted by atomic mass is 32.1. The number of nitrogens with zero attached hydrogens (tertiary/aromatic N) is 2. The number of rotatable bonds is 8. The van der Waals surface area contributed by atoms with Gasteiger partial charge < -0.3 is 20.2 Å². The topological polar surface area (TPSA) is 132 Å². The fourth-order valence-electron chi connectivity index (χ4n) is 6.32. The van der Waals surface area contributed by atoms with Crippen molar-refractivity contribution < 1.29 is 19.8 Å². The van der Waals surface area contributed by atoms with Crippen LogP contribution in [0.15, 0.2) is 24.3 Å². The molecule has 0 unspecified atom stereocenters. The molecule has 3 aromatic heterocycles. The summed E-state index contributed by atoms with van der Waals surface area (Å²) in [7, 11) is 0. The minimum atomic E-state index is -0.886. The molecule has 44 heavy (non-hydrogen) atoms. The quantitative estimate of drug-likeness (QED) is 0.138. The highest BCUT2D eigenvalue weighted by molar-refractivity contribution is 7.80. The van der Waals surface area contributed by atoms with Gasteiger partial charge in [-0.2, -0.15) is 25.3 Å².